The Balaban J connectivity index is 1.30. The lowest BCUT2D eigenvalue weighted by Gasteiger charge is -2.42. The maximum Gasteiger partial charge on any atom is 0.318 e. The van der Waals surface area contributed by atoms with Gasteiger partial charge in [-0.05, 0) is 43.8 Å². The molecule has 3 heterocycles. The van der Waals surface area contributed by atoms with Crippen LogP contribution in [0.4, 0.5) is 15.9 Å². The van der Waals surface area contributed by atoms with Crippen molar-refractivity contribution in [3.63, 3.8) is 0 Å². The first kappa shape index (κ1) is 30.1. The van der Waals surface area contributed by atoms with E-state index in [0.717, 1.165) is 46.6 Å². The predicted octanol–water partition coefficient (Wildman–Crippen LogP) is 5.12. The smallest absolute Gasteiger partial charge is 0.318 e. The number of piperazine rings is 1. The van der Waals surface area contributed by atoms with Crippen LogP contribution in [0.2, 0.25) is 5.02 Å². The lowest BCUT2D eigenvalue weighted by molar-refractivity contribution is -0.131. The van der Waals surface area contributed by atoms with E-state index in [1.807, 2.05) is 18.2 Å². The Hall–Kier alpha value is -3.94. The van der Waals surface area contributed by atoms with Crippen molar-refractivity contribution in [3.05, 3.63) is 65.1 Å². The zero-order chi connectivity index (χ0) is 30.8. The summed E-state index contributed by atoms with van der Waals surface area (Å²) in [5.74, 6) is -1.03. The van der Waals surface area contributed by atoms with Crippen molar-refractivity contribution in [2.45, 2.75) is 50.7 Å². The number of halogens is 2. The van der Waals surface area contributed by atoms with Crippen LogP contribution in [0.3, 0.4) is 0 Å². The average molecular weight is 618 g/mol. The highest BCUT2D eigenvalue weighted by molar-refractivity contribution is 6.36. The van der Waals surface area contributed by atoms with Gasteiger partial charge in [0.15, 0.2) is 5.83 Å². The number of ether oxygens (including phenoxy) is 1. The molecule has 0 radical (unpaired) electrons. The molecule has 9 nitrogen and oxygen atoms in total. The quantitative estimate of drug-likeness (QED) is 0.306. The maximum absolute atomic E-state index is 13.8. The standard InChI is InChI=1S/C33H37ClFN7O2/c1-22(35)32(43)42-17-16-41(20-25(42)12-14-36)31-26-13-15-40(29-11-4-7-23-6-3-10-27(34)30(23)29)21-28(26)37-33(38-31)44-19-18-39(2)24-8-5-9-24/h3-4,6-7,10-11,24-25H,1,5,8-9,12-13,15-21H2,2H3. The molecule has 2 aliphatic heterocycles. The Morgan fingerprint density at radius 3 is 2.70 bits per heavy atom. The summed E-state index contributed by atoms with van der Waals surface area (Å²) in [6.07, 6.45) is 4.49. The summed E-state index contributed by atoms with van der Waals surface area (Å²) in [5.41, 5.74) is 2.95. The molecule has 2 fully saturated rings. The molecule has 1 atom stereocenters. The molecular weight excluding hydrogens is 581 g/mol. The first-order valence-electron chi connectivity index (χ1n) is 15.3. The van der Waals surface area contributed by atoms with Crippen LogP contribution in [0.25, 0.3) is 10.8 Å². The van der Waals surface area contributed by atoms with Gasteiger partial charge in [-0.1, -0.05) is 48.9 Å². The maximum atomic E-state index is 13.8. The highest BCUT2D eigenvalue weighted by atomic mass is 35.5. The molecule has 0 spiro atoms. The van der Waals surface area contributed by atoms with E-state index in [2.05, 4.69) is 52.6 Å². The van der Waals surface area contributed by atoms with Crippen LogP contribution in [-0.2, 0) is 17.8 Å². The first-order chi connectivity index (χ1) is 21.3. The van der Waals surface area contributed by atoms with E-state index < -0.39 is 17.8 Å². The van der Waals surface area contributed by atoms with Crippen LogP contribution in [-0.4, -0.2) is 84.1 Å². The number of rotatable bonds is 9. The molecule has 44 heavy (non-hydrogen) atoms. The van der Waals surface area contributed by atoms with Crippen molar-refractivity contribution >= 4 is 39.8 Å². The fourth-order valence-corrected chi connectivity index (χ4v) is 6.78. The number of nitriles is 1. The SMILES string of the molecule is C=C(F)C(=O)N1CCN(c2nc(OCCN(C)C3CCC3)nc3c2CCN(c2cccc4cccc(Cl)c24)C3)CC1CC#N. The minimum absolute atomic E-state index is 0.0786. The number of fused-ring (bicyclic) bond motifs is 2. The van der Waals surface area contributed by atoms with Gasteiger partial charge in [0.25, 0.3) is 5.91 Å². The Labute approximate surface area is 262 Å². The lowest BCUT2D eigenvalue weighted by atomic mass is 9.92. The van der Waals surface area contributed by atoms with E-state index >= 15 is 0 Å². The Bertz CT molecular complexity index is 1600. The summed E-state index contributed by atoms with van der Waals surface area (Å²) in [7, 11) is 2.13. The van der Waals surface area contributed by atoms with Gasteiger partial charge < -0.3 is 24.3 Å². The number of anilines is 2. The Morgan fingerprint density at radius 2 is 1.98 bits per heavy atom. The molecule has 0 N–H and O–H groups in total. The molecule has 1 aromatic heterocycles. The van der Waals surface area contributed by atoms with Crippen molar-refractivity contribution < 1.29 is 13.9 Å². The highest BCUT2D eigenvalue weighted by Gasteiger charge is 2.35. The number of carbonyl (C=O) groups is 1. The molecule has 6 rings (SSSR count). The van der Waals surface area contributed by atoms with Crippen LogP contribution in [0.15, 0.2) is 48.8 Å². The van der Waals surface area contributed by atoms with E-state index in [1.54, 1.807) is 0 Å². The van der Waals surface area contributed by atoms with E-state index in [-0.39, 0.29) is 13.0 Å². The van der Waals surface area contributed by atoms with Crippen molar-refractivity contribution in [2.24, 2.45) is 0 Å². The number of nitrogens with zero attached hydrogens (tertiary/aromatic N) is 7. The van der Waals surface area contributed by atoms with Crippen molar-refractivity contribution in [3.8, 4) is 12.1 Å². The fraction of sp³-hybridized carbons (Fsp3) is 0.455. The predicted molar refractivity (Wildman–Crippen MR) is 170 cm³/mol. The molecule has 0 bridgehead atoms. The van der Waals surface area contributed by atoms with Gasteiger partial charge in [-0.25, -0.2) is 4.39 Å². The van der Waals surface area contributed by atoms with Gasteiger partial charge in [-0.3, -0.25) is 4.79 Å². The number of amides is 1. The molecule has 1 unspecified atom stereocenters. The Kier molecular flexibility index (Phi) is 8.87. The number of aromatic nitrogens is 2. The third-order valence-electron chi connectivity index (χ3n) is 9.17. The minimum atomic E-state index is -1.02. The molecule has 1 amide bonds. The summed E-state index contributed by atoms with van der Waals surface area (Å²) in [4.78, 5) is 30.4. The molecule has 1 saturated heterocycles. The van der Waals surface area contributed by atoms with Gasteiger partial charge >= 0.3 is 6.01 Å². The van der Waals surface area contributed by atoms with Crippen molar-refractivity contribution in [1.29, 1.82) is 5.26 Å². The lowest BCUT2D eigenvalue weighted by Crippen LogP contribution is -2.55. The number of hydrogen-bond acceptors (Lipinski definition) is 8. The van der Waals surface area contributed by atoms with Gasteiger partial charge in [0.1, 0.15) is 12.4 Å². The molecular formula is C33H37ClFN7O2. The van der Waals surface area contributed by atoms with Crippen LogP contribution < -0.4 is 14.5 Å². The topological polar surface area (TPSA) is 88.8 Å². The normalized spacial score (nSPS) is 18.6. The van der Waals surface area contributed by atoms with E-state index in [1.165, 1.54) is 24.2 Å². The van der Waals surface area contributed by atoms with Gasteiger partial charge in [-0.15, -0.1) is 0 Å². The van der Waals surface area contributed by atoms with E-state index in [0.29, 0.717) is 49.7 Å². The van der Waals surface area contributed by atoms with Gasteiger partial charge in [-0.2, -0.15) is 15.2 Å². The zero-order valence-corrected chi connectivity index (χ0v) is 25.8. The number of hydrogen-bond donors (Lipinski definition) is 0. The molecule has 1 aliphatic carbocycles. The molecule has 230 valence electrons. The average Bonchev–Trinajstić information content (AvgIpc) is 2.99. The zero-order valence-electron chi connectivity index (χ0n) is 25.0. The van der Waals surface area contributed by atoms with Crippen LogP contribution in [0.5, 0.6) is 6.01 Å². The van der Waals surface area contributed by atoms with Gasteiger partial charge in [0.2, 0.25) is 0 Å². The van der Waals surface area contributed by atoms with Crippen LogP contribution in [0, 0.1) is 11.3 Å². The van der Waals surface area contributed by atoms with E-state index in [4.69, 9.17) is 26.3 Å². The van der Waals surface area contributed by atoms with Crippen molar-refractivity contribution in [2.75, 3.05) is 56.2 Å². The minimum Gasteiger partial charge on any atom is -0.462 e. The second-order valence-corrected chi connectivity index (χ2v) is 12.2. The van der Waals surface area contributed by atoms with Gasteiger partial charge in [0.05, 0.1) is 35.8 Å². The number of likely N-dealkylation sites (N-methyl/N-ethyl adjacent to an activating group) is 1. The fourth-order valence-electron chi connectivity index (χ4n) is 6.50. The number of benzene rings is 2. The van der Waals surface area contributed by atoms with E-state index in [9.17, 15) is 14.4 Å². The monoisotopic (exact) mass is 617 g/mol. The Morgan fingerprint density at radius 1 is 1.18 bits per heavy atom. The molecule has 3 aromatic rings. The second kappa shape index (κ2) is 13.0. The summed E-state index contributed by atoms with van der Waals surface area (Å²) >= 11 is 6.68. The number of carbonyl (C=O) groups excluding carboxylic acids is 1. The second-order valence-electron chi connectivity index (χ2n) is 11.8. The first-order valence-corrected chi connectivity index (χ1v) is 15.6. The van der Waals surface area contributed by atoms with Gasteiger partial charge in [0, 0.05) is 55.4 Å². The molecule has 1 saturated carbocycles. The van der Waals surface area contributed by atoms with Crippen LogP contribution >= 0.6 is 11.6 Å². The van der Waals surface area contributed by atoms with Crippen molar-refractivity contribution in [1.82, 2.24) is 19.8 Å². The van der Waals surface area contributed by atoms with Crippen LogP contribution in [0.1, 0.15) is 36.9 Å². The molecule has 2 aromatic carbocycles. The summed E-state index contributed by atoms with van der Waals surface area (Å²) < 4.78 is 20.0. The largest absolute Gasteiger partial charge is 0.462 e. The summed E-state index contributed by atoms with van der Waals surface area (Å²) in [5, 5.41) is 12.3. The summed E-state index contributed by atoms with van der Waals surface area (Å²) in [6.45, 7) is 6.76. The highest BCUT2D eigenvalue weighted by Crippen LogP contribution is 2.37. The molecule has 3 aliphatic rings. The molecule has 11 heteroatoms. The third-order valence-corrected chi connectivity index (χ3v) is 9.49. The third kappa shape index (κ3) is 6.04. The summed E-state index contributed by atoms with van der Waals surface area (Å²) in [6, 6.07) is 14.7.